The third kappa shape index (κ3) is 4.20. The van der Waals surface area contributed by atoms with E-state index in [1.54, 1.807) is 56.3 Å². The van der Waals surface area contributed by atoms with E-state index in [1.165, 1.54) is 7.11 Å². The molecule has 120 valence electrons. The number of esters is 1. The zero-order chi connectivity index (χ0) is 17.0. The lowest BCUT2D eigenvalue weighted by molar-refractivity contribution is -0.156. The molecule has 5 heteroatoms. The summed E-state index contributed by atoms with van der Waals surface area (Å²) in [6.45, 7) is 3.23. The molecule has 0 saturated carbocycles. The van der Waals surface area contributed by atoms with Gasteiger partial charge in [-0.3, -0.25) is 4.79 Å². The SMILES string of the molecule is COC(=O)C(C)(C)Oc1cccc(C(=O)c2cccc(Br)c2)c1. The number of benzene rings is 2. The molecule has 0 N–H and O–H groups in total. The van der Waals surface area contributed by atoms with Crippen molar-refractivity contribution in [3.05, 3.63) is 64.1 Å². The van der Waals surface area contributed by atoms with Crippen LogP contribution >= 0.6 is 15.9 Å². The first-order valence-corrected chi connectivity index (χ1v) is 7.80. The van der Waals surface area contributed by atoms with Gasteiger partial charge in [-0.15, -0.1) is 0 Å². The van der Waals surface area contributed by atoms with Crippen LogP contribution in [-0.2, 0) is 9.53 Å². The van der Waals surface area contributed by atoms with Crippen LogP contribution in [0.15, 0.2) is 53.0 Å². The number of hydrogen-bond acceptors (Lipinski definition) is 4. The van der Waals surface area contributed by atoms with Crippen molar-refractivity contribution in [3.8, 4) is 5.75 Å². The summed E-state index contributed by atoms with van der Waals surface area (Å²) in [5, 5.41) is 0. The van der Waals surface area contributed by atoms with Gasteiger partial charge in [-0.25, -0.2) is 4.79 Å². The lowest BCUT2D eigenvalue weighted by Gasteiger charge is -2.23. The summed E-state index contributed by atoms with van der Waals surface area (Å²) in [7, 11) is 1.31. The predicted molar refractivity (Wildman–Crippen MR) is 90.7 cm³/mol. The first-order valence-electron chi connectivity index (χ1n) is 7.01. The third-order valence-electron chi connectivity index (χ3n) is 3.23. The Hall–Kier alpha value is -2.14. The average Bonchev–Trinajstić information content (AvgIpc) is 2.53. The van der Waals surface area contributed by atoms with E-state index in [4.69, 9.17) is 9.47 Å². The lowest BCUT2D eigenvalue weighted by atomic mass is 10.0. The molecule has 0 spiro atoms. The Labute approximate surface area is 143 Å². The van der Waals surface area contributed by atoms with Gasteiger partial charge >= 0.3 is 5.97 Å². The van der Waals surface area contributed by atoms with Crippen LogP contribution in [0.25, 0.3) is 0 Å². The van der Waals surface area contributed by atoms with E-state index in [-0.39, 0.29) is 5.78 Å². The molecule has 0 heterocycles. The van der Waals surface area contributed by atoms with E-state index in [0.717, 1.165) is 4.47 Å². The van der Waals surface area contributed by atoms with Gasteiger partial charge in [-0.1, -0.05) is 40.2 Å². The molecule has 0 aliphatic heterocycles. The van der Waals surface area contributed by atoms with Crippen molar-refractivity contribution in [3.63, 3.8) is 0 Å². The second-order valence-electron chi connectivity index (χ2n) is 5.47. The van der Waals surface area contributed by atoms with Crippen LogP contribution in [0.4, 0.5) is 0 Å². The molecule has 0 bridgehead atoms. The Bertz CT molecular complexity index is 737. The monoisotopic (exact) mass is 376 g/mol. The fraction of sp³-hybridized carbons (Fsp3) is 0.222. The molecule has 0 aliphatic rings. The molecule has 0 atom stereocenters. The Kier molecular flexibility index (Phi) is 5.21. The minimum atomic E-state index is -1.13. The number of methoxy groups -OCH3 is 1. The maximum absolute atomic E-state index is 12.5. The molecule has 23 heavy (non-hydrogen) atoms. The molecule has 0 unspecified atom stereocenters. The highest BCUT2D eigenvalue weighted by atomic mass is 79.9. The number of hydrogen-bond donors (Lipinski definition) is 0. The topological polar surface area (TPSA) is 52.6 Å². The zero-order valence-corrected chi connectivity index (χ0v) is 14.7. The minimum Gasteiger partial charge on any atom is -0.476 e. The highest BCUT2D eigenvalue weighted by Gasteiger charge is 2.31. The summed E-state index contributed by atoms with van der Waals surface area (Å²) in [5.41, 5.74) is -0.0725. The predicted octanol–water partition coefficient (Wildman–Crippen LogP) is 4.01. The number of halogens is 1. The minimum absolute atomic E-state index is 0.118. The van der Waals surface area contributed by atoms with Gasteiger partial charge in [-0.05, 0) is 38.1 Å². The van der Waals surface area contributed by atoms with E-state index < -0.39 is 11.6 Å². The molecule has 0 aromatic heterocycles. The van der Waals surface area contributed by atoms with Crippen molar-refractivity contribution in [2.75, 3.05) is 7.11 Å². The number of rotatable bonds is 5. The van der Waals surface area contributed by atoms with Crippen molar-refractivity contribution in [2.45, 2.75) is 19.4 Å². The molecule has 0 radical (unpaired) electrons. The molecule has 2 aromatic carbocycles. The average molecular weight is 377 g/mol. The van der Waals surface area contributed by atoms with Crippen molar-refractivity contribution < 1.29 is 19.1 Å². The standard InChI is InChI=1S/C18H17BrO4/c1-18(2,17(21)22-3)23-15-9-5-7-13(11-15)16(20)12-6-4-8-14(19)10-12/h4-11H,1-3H3. The first kappa shape index (κ1) is 17.2. The first-order chi connectivity index (χ1) is 10.8. The van der Waals surface area contributed by atoms with Crippen LogP contribution in [-0.4, -0.2) is 24.5 Å². The zero-order valence-electron chi connectivity index (χ0n) is 13.1. The summed E-state index contributed by atoms with van der Waals surface area (Å²) in [6, 6.07) is 13.9. The van der Waals surface area contributed by atoms with E-state index >= 15 is 0 Å². The van der Waals surface area contributed by atoms with Gasteiger partial charge < -0.3 is 9.47 Å². The molecule has 0 saturated heterocycles. The lowest BCUT2D eigenvalue weighted by Crippen LogP contribution is -2.39. The van der Waals surface area contributed by atoms with Crippen molar-refractivity contribution in [1.82, 2.24) is 0 Å². The smallest absolute Gasteiger partial charge is 0.349 e. The number of ether oxygens (including phenoxy) is 2. The van der Waals surface area contributed by atoms with Gasteiger partial charge in [0.1, 0.15) is 5.75 Å². The molecule has 0 aliphatic carbocycles. The second-order valence-corrected chi connectivity index (χ2v) is 6.39. The van der Waals surface area contributed by atoms with Crippen LogP contribution in [0.1, 0.15) is 29.8 Å². The normalized spacial score (nSPS) is 11.0. The summed E-state index contributed by atoms with van der Waals surface area (Å²) in [6.07, 6.45) is 0. The fourth-order valence-corrected chi connectivity index (χ4v) is 2.48. The van der Waals surface area contributed by atoms with Crippen LogP contribution in [0.3, 0.4) is 0 Å². The molecule has 2 aromatic rings. The molecule has 2 rings (SSSR count). The van der Waals surface area contributed by atoms with Gasteiger partial charge in [0.05, 0.1) is 7.11 Å². The highest BCUT2D eigenvalue weighted by molar-refractivity contribution is 9.10. The Morgan fingerprint density at radius 2 is 1.61 bits per heavy atom. The maximum Gasteiger partial charge on any atom is 0.349 e. The maximum atomic E-state index is 12.5. The third-order valence-corrected chi connectivity index (χ3v) is 3.73. The molecular weight excluding hydrogens is 360 g/mol. The van der Waals surface area contributed by atoms with Crippen molar-refractivity contribution >= 4 is 27.7 Å². The van der Waals surface area contributed by atoms with Gasteiger partial charge in [0, 0.05) is 15.6 Å². The van der Waals surface area contributed by atoms with Crippen LogP contribution in [0, 0.1) is 0 Å². The van der Waals surface area contributed by atoms with E-state index in [0.29, 0.717) is 16.9 Å². The van der Waals surface area contributed by atoms with Gasteiger partial charge in [0.2, 0.25) is 0 Å². The van der Waals surface area contributed by atoms with Gasteiger partial charge in [0.15, 0.2) is 11.4 Å². The van der Waals surface area contributed by atoms with E-state index in [2.05, 4.69) is 15.9 Å². The highest BCUT2D eigenvalue weighted by Crippen LogP contribution is 2.23. The van der Waals surface area contributed by atoms with Gasteiger partial charge in [-0.2, -0.15) is 0 Å². The largest absolute Gasteiger partial charge is 0.476 e. The van der Waals surface area contributed by atoms with Crippen LogP contribution in [0.5, 0.6) is 5.75 Å². The summed E-state index contributed by atoms with van der Waals surface area (Å²) in [4.78, 5) is 24.2. The molecular formula is C18H17BrO4. The molecule has 4 nitrogen and oxygen atoms in total. The van der Waals surface area contributed by atoms with Crippen molar-refractivity contribution in [1.29, 1.82) is 0 Å². The van der Waals surface area contributed by atoms with Crippen LogP contribution in [0.2, 0.25) is 0 Å². The number of ketones is 1. The van der Waals surface area contributed by atoms with Gasteiger partial charge in [0.25, 0.3) is 0 Å². The number of carbonyl (C=O) groups excluding carboxylic acids is 2. The summed E-state index contributed by atoms with van der Waals surface area (Å²) >= 11 is 3.35. The molecule has 0 fully saturated rings. The van der Waals surface area contributed by atoms with Crippen molar-refractivity contribution in [2.24, 2.45) is 0 Å². The quantitative estimate of drug-likeness (QED) is 0.584. The van der Waals surface area contributed by atoms with E-state index in [9.17, 15) is 9.59 Å². The Morgan fingerprint density at radius 1 is 1.00 bits per heavy atom. The summed E-state index contributed by atoms with van der Waals surface area (Å²) in [5.74, 6) is -0.171. The van der Waals surface area contributed by atoms with Crippen LogP contribution < -0.4 is 4.74 Å². The Balaban J connectivity index is 2.26. The second kappa shape index (κ2) is 6.96. The number of carbonyl (C=O) groups is 2. The summed E-state index contributed by atoms with van der Waals surface area (Å²) < 4.78 is 11.2. The fourth-order valence-electron chi connectivity index (χ4n) is 2.08. The van der Waals surface area contributed by atoms with E-state index in [1.807, 2.05) is 6.07 Å². The molecule has 0 amide bonds. The Morgan fingerprint density at radius 3 is 2.22 bits per heavy atom.